The van der Waals surface area contributed by atoms with Crippen molar-refractivity contribution < 1.29 is 17.6 Å². The van der Waals surface area contributed by atoms with Gasteiger partial charge in [-0.1, -0.05) is 0 Å². The monoisotopic (exact) mass is 380 g/mol. The summed E-state index contributed by atoms with van der Waals surface area (Å²) in [5.41, 5.74) is 1.15. The predicted molar refractivity (Wildman–Crippen MR) is 94.5 cm³/mol. The van der Waals surface area contributed by atoms with E-state index >= 15 is 0 Å². The molecule has 0 spiro atoms. The smallest absolute Gasteiger partial charge is 0.262 e. The van der Waals surface area contributed by atoms with Gasteiger partial charge in [0, 0.05) is 32.0 Å². The summed E-state index contributed by atoms with van der Waals surface area (Å²) in [6.45, 7) is 2.17. The van der Waals surface area contributed by atoms with Gasteiger partial charge in [0.15, 0.2) is 5.03 Å². The van der Waals surface area contributed by atoms with Crippen LogP contribution in [0.25, 0.3) is 0 Å². The number of carbonyl (C=O) groups excluding carboxylic acids is 1. The normalized spacial score (nSPS) is 18.7. The molecule has 1 atom stereocenters. The van der Waals surface area contributed by atoms with Crippen LogP contribution in [0.15, 0.2) is 35.7 Å². The highest BCUT2D eigenvalue weighted by Crippen LogP contribution is 2.25. The fraction of sp³-hybridized carbons (Fsp3) is 0.412. The fourth-order valence-electron chi connectivity index (χ4n) is 3.03. The van der Waals surface area contributed by atoms with Gasteiger partial charge in [0.25, 0.3) is 10.0 Å². The molecule has 2 heterocycles. The second-order valence-electron chi connectivity index (χ2n) is 6.53. The maximum atomic E-state index is 13.2. The van der Waals surface area contributed by atoms with E-state index in [1.54, 1.807) is 18.5 Å². The van der Waals surface area contributed by atoms with Crippen LogP contribution in [0.1, 0.15) is 18.4 Å². The first-order valence-corrected chi connectivity index (χ1v) is 9.76. The Morgan fingerprint density at radius 1 is 1.38 bits per heavy atom. The number of imidazole rings is 1. The lowest BCUT2D eigenvalue weighted by atomic mass is 9.98. The van der Waals surface area contributed by atoms with Crippen LogP contribution in [-0.2, 0) is 21.9 Å². The Hall–Kier alpha value is -2.26. The van der Waals surface area contributed by atoms with Crippen LogP contribution < -0.4 is 5.32 Å². The molecular weight excluding hydrogens is 359 g/mol. The highest BCUT2D eigenvalue weighted by Gasteiger charge is 2.34. The van der Waals surface area contributed by atoms with Crippen molar-refractivity contribution >= 4 is 21.6 Å². The number of nitrogens with zero attached hydrogens (tertiary/aromatic N) is 3. The zero-order chi connectivity index (χ0) is 18.9. The van der Waals surface area contributed by atoms with Crippen LogP contribution >= 0.6 is 0 Å². The van der Waals surface area contributed by atoms with Crippen LogP contribution in [0, 0.1) is 18.7 Å². The summed E-state index contributed by atoms with van der Waals surface area (Å²) in [6.07, 6.45) is 4.06. The molecule has 1 saturated heterocycles. The molecule has 9 heteroatoms. The minimum Gasteiger partial charge on any atom is -0.339 e. The molecule has 0 aliphatic carbocycles. The van der Waals surface area contributed by atoms with Gasteiger partial charge in [-0.25, -0.2) is 17.8 Å². The Morgan fingerprint density at radius 2 is 2.15 bits per heavy atom. The number of hydrogen-bond donors (Lipinski definition) is 1. The number of sulfonamides is 1. The number of amides is 1. The number of aromatic nitrogens is 2. The Bertz CT molecular complexity index is 926. The number of piperidine rings is 1. The van der Waals surface area contributed by atoms with Gasteiger partial charge < -0.3 is 9.88 Å². The van der Waals surface area contributed by atoms with E-state index in [0.29, 0.717) is 30.6 Å². The van der Waals surface area contributed by atoms with E-state index in [0.717, 1.165) is 0 Å². The maximum absolute atomic E-state index is 13.2. The number of benzene rings is 1. The summed E-state index contributed by atoms with van der Waals surface area (Å²) < 4.78 is 41.5. The fourth-order valence-corrected chi connectivity index (χ4v) is 4.52. The second-order valence-corrected chi connectivity index (χ2v) is 8.41. The summed E-state index contributed by atoms with van der Waals surface area (Å²) in [4.78, 5) is 16.5. The summed E-state index contributed by atoms with van der Waals surface area (Å²) >= 11 is 0. The number of rotatable bonds is 4. The van der Waals surface area contributed by atoms with Gasteiger partial charge in [0.1, 0.15) is 5.82 Å². The predicted octanol–water partition coefficient (Wildman–Crippen LogP) is 1.91. The van der Waals surface area contributed by atoms with Crippen LogP contribution in [0.5, 0.6) is 0 Å². The number of halogens is 1. The number of carbonyl (C=O) groups is 1. The molecule has 1 aromatic carbocycles. The zero-order valence-electron chi connectivity index (χ0n) is 14.6. The molecule has 1 aromatic heterocycles. The summed E-state index contributed by atoms with van der Waals surface area (Å²) in [5.74, 6) is -1.10. The van der Waals surface area contributed by atoms with Crippen molar-refractivity contribution in [2.24, 2.45) is 13.0 Å². The van der Waals surface area contributed by atoms with E-state index < -0.39 is 15.9 Å². The molecule has 7 nitrogen and oxygen atoms in total. The summed E-state index contributed by atoms with van der Waals surface area (Å²) in [6, 6.07) is 4.13. The van der Waals surface area contributed by atoms with Gasteiger partial charge in [-0.05, 0) is 43.5 Å². The first kappa shape index (κ1) is 18.5. The minimum atomic E-state index is -3.72. The zero-order valence-corrected chi connectivity index (χ0v) is 15.5. The first-order chi connectivity index (χ1) is 12.3. The minimum absolute atomic E-state index is 0.0181. The van der Waals surface area contributed by atoms with Gasteiger partial charge >= 0.3 is 0 Å². The maximum Gasteiger partial charge on any atom is 0.262 e. The molecule has 2 aromatic rings. The van der Waals surface area contributed by atoms with Crippen LogP contribution in [0.4, 0.5) is 10.1 Å². The lowest BCUT2D eigenvalue weighted by Crippen LogP contribution is -2.43. The largest absolute Gasteiger partial charge is 0.339 e. The second kappa shape index (κ2) is 7.16. The van der Waals surface area contributed by atoms with Crippen LogP contribution in [-0.4, -0.2) is 41.3 Å². The summed E-state index contributed by atoms with van der Waals surface area (Å²) in [5, 5.41) is 2.76. The molecule has 0 bridgehead atoms. The van der Waals surface area contributed by atoms with E-state index in [2.05, 4.69) is 10.3 Å². The third kappa shape index (κ3) is 3.78. The number of aryl methyl sites for hydroxylation is 2. The average Bonchev–Trinajstić information content (AvgIpc) is 3.05. The van der Waals surface area contributed by atoms with Gasteiger partial charge in [0.2, 0.25) is 5.91 Å². The third-order valence-corrected chi connectivity index (χ3v) is 6.24. The quantitative estimate of drug-likeness (QED) is 0.878. The highest BCUT2D eigenvalue weighted by molar-refractivity contribution is 7.89. The Morgan fingerprint density at radius 3 is 2.81 bits per heavy atom. The summed E-state index contributed by atoms with van der Waals surface area (Å²) in [7, 11) is -2.02. The molecule has 1 aliphatic heterocycles. The van der Waals surface area contributed by atoms with Crippen molar-refractivity contribution in [2.45, 2.75) is 24.8 Å². The molecular formula is C17H21FN4O3S. The SMILES string of the molecule is Cc1cc(F)ccc1NC(=O)C1CCCN(S(=O)(=O)c2cn(C)cn2)C1. The molecule has 0 saturated carbocycles. The molecule has 3 rings (SSSR count). The lowest BCUT2D eigenvalue weighted by Gasteiger charge is -2.30. The van der Waals surface area contributed by atoms with Crippen molar-refractivity contribution in [3.05, 3.63) is 42.1 Å². The molecule has 1 N–H and O–H groups in total. The van der Waals surface area contributed by atoms with E-state index in [4.69, 9.17) is 0 Å². The Balaban J connectivity index is 1.72. The van der Waals surface area contributed by atoms with Crippen molar-refractivity contribution in [1.29, 1.82) is 0 Å². The number of hydrogen-bond acceptors (Lipinski definition) is 4. The van der Waals surface area contributed by atoms with E-state index in [1.165, 1.54) is 35.0 Å². The lowest BCUT2D eigenvalue weighted by molar-refractivity contribution is -0.120. The average molecular weight is 380 g/mol. The molecule has 0 radical (unpaired) electrons. The molecule has 1 unspecified atom stereocenters. The van der Waals surface area contributed by atoms with Crippen LogP contribution in [0.2, 0.25) is 0 Å². The molecule has 1 fully saturated rings. The topological polar surface area (TPSA) is 84.3 Å². The van der Waals surface area contributed by atoms with Gasteiger partial charge in [-0.3, -0.25) is 4.79 Å². The van der Waals surface area contributed by atoms with E-state index in [1.807, 2.05) is 0 Å². The van der Waals surface area contributed by atoms with Gasteiger partial charge in [-0.15, -0.1) is 0 Å². The Labute approximate surface area is 151 Å². The standard InChI is InChI=1S/C17H21FN4O3S/c1-12-8-14(18)5-6-15(12)20-17(23)13-4-3-7-22(9-13)26(24,25)16-10-21(2)11-19-16/h5-6,8,10-11,13H,3-4,7,9H2,1-2H3,(H,20,23). The van der Waals surface area contributed by atoms with Crippen LogP contribution in [0.3, 0.4) is 0 Å². The number of anilines is 1. The molecule has 140 valence electrons. The van der Waals surface area contributed by atoms with Crippen molar-refractivity contribution in [3.63, 3.8) is 0 Å². The molecule has 1 aliphatic rings. The molecule has 26 heavy (non-hydrogen) atoms. The van der Waals surface area contributed by atoms with Gasteiger partial charge in [0.05, 0.1) is 12.2 Å². The van der Waals surface area contributed by atoms with Crippen molar-refractivity contribution in [2.75, 3.05) is 18.4 Å². The van der Waals surface area contributed by atoms with E-state index in [9.17, 15) is 17.6 Å². The van der Waals surface area contributed by atoms with E-state index in [-0.39, 0.29) is 23.3 Å². The third-order valence-electron chi connectivity index (χ3n) is 4.49. The van der Waals surface area contributed by atoms with Crippen molar-refractivity contribution in [3.8, 4) is 0 Å². The Kier molecular flexibility index (Phi) is 5.10. The first-order valence-electron chi connectivity index (χ1n) is 8.32. The highest BCUT2D eigenvalue weighted by atomic mass is 32.2. The number of nitrogens with one attached hydrogen (secondary N) is 1. The molecule has 1 amide bonds. The van der Waals surface area contributed by atoms with Gasteiger partial charge in [-0.2, -0.15) is 4.31 Å². The van der Waals surface area contributed by atoms with Crippen molar-refractivity contribution in [1.82, 2.24) is 13.9 Å².